The minimum Gasteiger partial charge on any atom is -0.471 e. The van der Waals surface area contributed by atoms with Crippen LogP contribution in [0.5, 0.6) is 5.88 Å². The van der Waals surface area contributed by atoms with E-state index in [-0.39, 0.29) is 29.1 Å². The minimum absolute atomic E-state index is 0.0247. The van der Waals surface area contributed by atoms with Gasteiger partial charge in [-0.1, -0.05) is 27.7 Å². The lowest BCUT2D eigenvalue weighted by molar-refractivity contribution is -0.386. The molecule has 0 fully saturated rings. The van der Waals surface area contributed by atoms with Gasteiger partial charge in [0.15, 0.2) is 8.32 Å². The Hall–Kier alpha value is -2.26. The quantitative estimate of drug-likeness (QED) is 0.324. The SMILES string of the molecule is Cc1ccc(-n2nc(OC[C@H](C)CO[Si](C)(C)C(C)(C)C)c([N+](=O)[O-])c2C)c(C)n1. The number of hydrogen-bond donors (Lipinski definition) is 0. The molecule has 0 aromatic carbocycles. The van der Waals surface area contributed by atoms with E-state index in [0.29, 0.717) is 18.0 Å². The lowest BCUT2D eigenvalue weighted by Crippen LogP contribution is -2.42. The van der Waals surface area contributed by atoms with E-state index in [2.05, 4.69) is 43.9 Å². The zero-order chi connectivity index (χ0) is 22.9. The fraction of sp³-hybridized carbons (Fsp3) is 0.619. The summed E-state index contributed by atoms with van der Waals surface area (Å²) < 4.78 is 13.6. The van der Waals surface area contributed by atoms with Gasteiger partial charge in [0.25, 0.3) is 0 Å². The van der Waals surface area contributed by atoms with Crippen LogP contribution in [-0.4, -0.2) is 41.2 Å². The van der Waals surface area contributed by atoms with Gasteiger partial charge in [0.1, 0.15) is 5.69 Å². The summed E-state index contributed by atoms with van der Waals surface area (Å²) in [6.07, 6.45) is 0. The number of aromatic nitrogens is 3. The van der Waals surface area contributed by atoms with E-state index >= 15 is 0 Å². The van der Waals surface area contributed by atoms with E-state index in [9.17, 15) is 10.1 Å². The predicted octanol–water partition coefficient (Wildman–Crippen LogP) is 5.14. The first kappa shape index (κ1) is 24.0. The molecule has 0 bridgehead atoms. The van der Waals surface area contributed by atoms with Gasteiger partial charge in [0.05, 0.1) is 22.9 Å². The highest BCUT2D eigenvalue weighted by Gasteiger charge is 2.37. The molecule has 0 radical (unpaired) electrons. The molecule has 1 atom stereocenters. The average Bonchev–Trinajstić information content (AvgIpc) is 2.93. The highest BCUT2D eigenvalue weighted by molar-refractivity contribution is 6.74. The van der Waals surface area contributed by atoms with Crippen LogP contribution in [0.4, 0.5) is 5.69 Å². The van der Waals surface area contributed by atoms with Gasteiger partial charge in [0, 0.05) is 18.2 Å². The number of aryl methyl sites for hydroxylation is 2. The minimum atomic E-state index is -1.86. The number of nitrogens with zero attached hydrogens (tertiary/aromatic N) is 4. The van der Waals surface area contributed by atoms with Crippen LogP contribution < -0.4 is 4.74 Å². The van der Waals surface area contributed by atoms with Gasteiger partial charge in [-0.25, -0.2) is 4.68 Å². The first-order chi connectivity index (χ1) is 13.7. The normalized spacial score (nSPS) is 13.4. The molecule has 2 aromatic heterocycles. The van der Waals surface area contributed by atoms with E-state index in [4.69, 9.17) is 9.16 Å². The molecule has 0 aliphatic carbocycles. The Kier molecular flexibility index (Phi) is 7.08. The summed E-state index contributed by atoms with van der Waals surface area (Å²) in [4.78, 5) is 15.7. The Morgan fingerprint density at radius 2 is 1.83 bits per heavy atom. The van der Waals surface area contributed by atoms with Gasteiger partial charge in [-0.3, -0.25) is 15.1 Å². The standard InChI is InChI=1S/C21H34N4O4Si/c1-14(13-29-30(8,9)21(5,6)7)12-28-20-19(25(26)27)17(4)24(23-20)18-11-10-15(2)22-16(18)3/h10-11,14H,12-13H2,1-9H3/t14-/m0/s1. The first-order valence-electron chi connectivity index (χ1n) is 10.2. The Balaban J connectivity index is 2.19. The van der Waals surface area contributed by atoms with Crippen LogP contribution in [0, 0.1) is 36.8 Å². The molecule has 2 aromatic rings. The van der Waals surface area contributed by atoms with Gasteiger partial charge in [-0.05, 0) is 51.0 Å². The van der Waals surface area contributed by atoms with E-state index in [0.717, 1.165) is 11.4 Å². The molecule has 0 saturated heterocycles. The second-order valence-electron chi connectivity index (χ2n) is 9.45. The zero-order valence-electron chi connectivity index (χ0n) is 19.6. The highest BCUT2D eigenvalue weighted by Crippen LogP contribution is 2.37. The van der Waals surface area contributed by atoms with Crippen LogP contribution in [0.15, 0.2) is 12.1 Å². The molecule has 166 valence electrons. The van der Waals surface area contributed by atoms with Gasteiger partial charge < -0.3 is 9.16 Å². The summed E-state index contributed by atoms with van der Waals surface area (Å²) in [7, 11) is -1.86. The number of rotatable bonds is 8. The number of ether oxygens (including phenoxy) is 1. The number of hydrogen-bond acceptors (Lipinski definition) is 6. The third-order valence-electron chi connectivity index (χ3n) is 5.70. The Morgan fingerprint density at radius 3 is 2.37 bits per heavy atom. The fourth-order valence-electron chi connectivity index (χ4n) is 2.75. The molecule has 8 nitrogen and oxygen atoms in total. The molecule has 0 unspecified atom stereocenters. The molecule has 0 aliphatic rings. The van der Waals surface area contributed by atoms with Crippen LogP contribution in [0.3, 0.4) is 0 Å². The molecular weight excluding hydrogens is 400 g/mol. The molecule has 0 aliphatic heterocycles. The second kappa shape index (κ2) is 8.85. The van der Waals surface area contributed by atoms with Crippen molar-refractivity contribution in [3.8, 4) is 11.6 Å². The lowest BCUT2D eigenvalue weighted by Gasteiger charge is -2.36. The molecule has 9 heteroatoms. The van der Waals surface area contributed by atoms with Crippen LogP contribution in [0.1, 0.15) is 44.8 Å². The molecule has 30 heavy (non-hydrogen) atoms. The maximum atomic E-state index is 11.7. The number of pyridine rings is 1. The predicted molar refractivity (Wildman–Crippen MR) is 120 cm³/mol. The van der Waals surface area contributed by atoms with E-state index < -0.39 is 13.2 Å². The molecule has 0 saturated carbocycles. The smallest absolute Gasteiger partial charge is 0.353 e. The topological polar surface area (TPSA) is 92.3 Å². The van der Waals surface area contributed by atoms with Crippen molar-refractivity contribution in [2.45, 2.75) is 66.6 Å². The van der Waals surface area contributed by atoms with Crippen molar-refractivity contribution < 1.29 is 14.1 Å². The maximum absolute atomic E-state index is 11.7. The summed E-state index contributed by atoms with van der Waals surface area (Å²) in [5.74, 6) is 0.101. The summed E-state index contributed by atoms with van der Waals surface area (Å²) in [6.45, 7) is 19.3. The fourth-order valence-corrected chi connectivity index (χ4v) is 3.88. The summed E-state index contributed by atoms with van der Waals surface area (Å²) >= 11 is 0. The summed E-state index contributed by atoms with van der Waals surface area (Å²) in [5, 5.41) is 16.2. The Bertz CT molecular complexity index is 918. The number of nitro groups is 1. The van der Waals surface area contributed by atoms with Crippen molar-refractivity contribution in [2.75, 3.05) is 13.2 Å². The molecule has 0 spiro atoms. The van der Waals surface area contributed by atoms with Gasteiger partial charge in [-0.15, -0.1) is 5.10 Å². The molecule has 2 rings (SSSR count). The van der Waals surface area contributed by atoms with Crippen molar-refractivity contribution in [1.29, 1.82) is 0 Å². The highest BCUT2D eigenvalue weighted by atomic mass is 28.4. The molecular formula is C21H34N4O4Si. The van der Waals surface area contributed by atoms with Crippen LogP contribution in [0.25, 0.3) is 5.69 Å². The summed E-state index contributed by atoms with van der Waals surface area (Å²) in [5.41, 5.74) is 2.62. The van der Waals surface area contributed by atoms with Crippen LogP contribution in [0.2, 0.25) is 18.1 Å². The zero-order valence-corrected chi connectivity index (χ0v) is 20.6. The van der Waals surface area contributed by atoms with E-state index in [1.165, 1.54) is 4.68 Å². The largest absolute Gasteiger partial charge is 0.471 e. The van der Waals surface area contributed by atoms with Crippen molar-refractivity contribution in [1.82, 2.24) is 14.8 Å². The second-order valence-corrected chi connectivity index (χ2v) is 14.3. The Labute approximate surface area is 179 Å². The van der Waals surface area contributed by atoms with Crippen molar-refractivity contribution in [3.05, 3.63) is 39.3 Å². The molecule has 2 heterocycles. The van der Waals surface area contributed by atoms with Gasteiger partial charge >= 0.3 is 11.6 Å². The summed E-state index contributed by atoms with van der Waals surface area (Å²) in [6, 6.07) is 3.72. The van der Waals surface area contributed by atoms with Gasteiger partial charge in [-0.2, -0.15) is 0 Å². The van der Waals surface area contributed by atoms with Gasteiger partial charge in [0.2, 0.25) is 0 Å². The monoisotopic (exact) mass is 434 g/mol. The molecule has 0 N–H and O–H groups in total. The first-order valence-corrected chi connectivity index (χ1v) is 13.1. The van der Waals surface area contributed by atoms with Crippen molar-refractivity contribution in [3.63, 3.8) is 0 Å². The third kappa shape index (κ3) is 5.26. The Morgan fingerprint density at radius 1 is 1.20 bits per heavy atom. The molecule has 0 amide bonds. The lowest BCUT2D eigenvalue weighted by atomic mass is 10.2. The van der Waals surface area contributed by atoms with E-state index in [1.54, 1.807) is 6.92 Å². The average molecular weight is 435 g/mol. The van der Waals surface area contributed by atoms with Crippen molar-refractivity contribution >= 4 is 14.0 Å². The van der Waals surface area contributed by atoms with Crippen LogP contribution in [-0.2, 0) is 4.43 Å². The van der Waals surface area contributed by atoms with Crippen LogP contribution >= 0.6 is 0 Å². The van der Waals surface area contributed by atoms with Crippen molar-refractivity contribution in [2.24, 2.45) is 5.92 Å². The van der Waals surface area contributed by atoms with E-state index in [1.807, 2.05) is 32.9 Å². The maximum Gasteiger partial charge on any atom is 0.353 e. The third-order valence-corrected chi connectivity index (χ3v) is 10.2.